The summed E-state index contributed by atoms with van der Waals surface area (Å²) >= 11 is 0. The SMILES string of the molecule is O=C1OC2c3ccccc3Oc3cccc1c32. The predicted molar refractivity (Wildman–Crippen MR) is 60.2 cm³/mol. The number of esters is 1. The first kappa shape index (κ1) is 8.82. The second-order valence-corrected chi connectivity index (χ2v) is 4.14. The minimum Gasteiger partial charge on any atom is -0.456 e. The van der Waals surface area contributed by atoms with E-state index in [4.69, 9.17) is 9.47 Å². The Labute approximate surface area is 97.6 Å². The molecule has 0 saturated heterocycles. The summed E-state index contributed by atoms with van der Waals surface area (Å²) in [6.45, 7) is 0. The van der Waals surface area contributed by atoms with Crippen LogP contribution in [-0.4, -0.2) is 5.97 Å². The molecule has 0 N–H and O–H groups in total. The Morgan fingerprint density at radius 3 is 2.71 bits per heavy atom. The lowest BCUT2D eigenvalue weighted by atomic mass is 9.95. The van der Waals surface area contributed by atoms with Crippen molar-refractivity contribution < 1.29 is 14.3 Å². The Balaban J connectivity index is 2.04. The highest BCUT2D eigenvalue weighted by atomic mass is 16.6. The van der Waals surface area contributed by atoms with Gasteiger partial charge in [-0.2, -0.15) is 0 Å². The van der Waals surface area contributed by atoms with Crippen molar-refractivity contribution in [2.75, 3.05) is 0 Å². The van der Waals surface area contributed by atoms with Gasteiger partial charge in [0.25, 0.3) is 0 Å². The van der Waals surface area contributed by atoms with Crippen molar-refractivity contribution in [2.45, 2.75) is 6.10 Å². The lowest BCUT2D eigenvalue weighted by Crippen LogP contribution is -2.08. The smallest absolute Gasteiger partial charge is 0.339 e. The van der Waals surface area contributed by atoms with Crippen molar-refractivity contribution in [3.05, 3.63) is 59.2 Å². The van der Waals surface area contributed by atoms with Gasteiger partial charge >= 0.3 is 5.97 Å². The third kappa shape index (κ3) is 1.03. The largest absolute Gasteiger partial charge is 0.456 e. The van der Waals surface area contributed by atoms with E-state index in [1.165, 1.54) is 0 Å². The van der Waals surface area contributed by atoms with Crippen molar-refractivity contribution in [3.8, 4) is 11.5 Å². The van der Waals surface area contributed by atoms with E-state index in [9.17, 15) is 4.79 Å². The number of rotatable bonds is 0. The lowest BCUT2D eigenvalue weighted by molar-refractivity contribution is 0.0445. The molecule has 2 aromatic carbocycles. The molecule has 0 bridgehead atoms. The molecule has 2 aliphatic heterocycles. The summed E-state index contributed by atoms with van der Waals surface area (Å²) in [5.74, 6) is 1.21. The van der Waals surface area contributed by atoms with Crippen molar-refractivity contribution >= 4 is 5.97 Å². The molecular formula is C14H8O3. The molecular weight excluding hydrogens is 216 g/mol. The number of fused-ring (bicyclic) bond motifs is 2. The zero-order valence-electron chi connectivity index (χ0n) is 8.84. The zero-order chi connectivity index (χ0) is 11.4. The van der Waals surface area contributed by atoms with Crippen LogP contribution in [0, 0.1) is 0 Å². The summed E-state index contributed by atoms with van der Waals surface area (Å²) in [6.07, 6.45) is -0.307. The van der Waals surface area contributed by atoms with Gasteiger partial charge in [0.2, 0.25) is 0 Å². The van der Waals surface area contributed by atoms with E-state index < -0.39 is 0 Å². The summed E-state index contributed by atoms with van der Waals surface area (Å²) in [5.41, 5.74) is 2.39. The quantitative estimate of drug-likeness (QED) is 0.645. The van der Waals surface area contributed by atoms with Gasteiger partial charge in [-0.3, -0.25) is 0 Å². The van der Waals surface area contributed by atoms with Crippen LogP contribution in [0.25, 0.3) is 0 Å². The van der Waals surface area contributed by atoms with Crippen LogP contribution in [0.4, 0.5) is 0 Å². The third-order valence-electron chi connectivity index (χ3n) is 3.19. The molecule has 2 heterocycles. The molecule has 1 atom stereocenters. The van der Waals surface area contributed by atoms with Gasteiger partial charge in [0.05, 0.1) is 11.1 Å². The molecule has 0 fully saturated rings. The van der Waals surface area contributed by atoms with Gasteiger partial charge in [-0.05, 0) is 18.2 Å². The first-order valence-electron chi connectivity index (χ1n) is 5.45. The van der Waals surface area contributed by atoms with Crippen molar-refractivity contribution in [3.63, 3.8) is 0 Å². The van der Waals surface area contributed by atoms with Crippen LogP contribution in [0.5, 0.6) is 11.5 Å². The number of carbonyl (C=O) groups excluding carboxylic acids is 1. The molecule has 4 rings (SSSR count). The fourth-order valence-corrected chi connectivity index (χ4v) is 2.44. The minimum absolute atomic E-state index is 0.271. The van der Waals surface area contributed by atoms with E-state index in [-0.39, 0.29) is 12.1 Å². The minimum atomic E-state index is -0.307. The Kier molecular flexibility index (Phi) is 1.50. The topological polar surface area (TPSA) is 35.5 Å². The van der Waals surface area contributed by atoms with Gasteiger partial charge in [0.1, 0.15) is 11.5 Å². The van der Waals surface area contributed by atoms with Crippen LogP contribution in [0.15, 0.2) is 42.5 Å². The highest BCUT2D eigenvalue weighted by molar-refractivity contribution is 5.96. The Morgan fingerprint density at radius 1 is 0.941 bits per heavy atom. The molecule has 0 spiro atoms. The highest BCUT2D eigenvalue weighted by Crippen LogP contribution is 2.49. The fraction of sp³-hybridized carbons (Fsp3) is 0.0714. The molecule has 3 heteroatoms. The second kappa shape index (κ2) is 2.88. The number of hydrogen-bond donors (Lipinski definition) is 0. The maximum Gasteiger partial charge on any atom is 0.339 e. The summed E-state index contributed by atoms with van der Waals surface area (Å²) in [7, 11) is 0. The average molecular weight is 224 g/mol. The standard InChI is InChI=1S/C14H8O3/c15-14-9-5-3-7-11-12(9)13(17-14)8-4-1-2-6-10(8)16-11/h1-7,13H. The van der Waals surface area contributed by atoms with Crippen LogP contribution < -0.4 is 4.74 Å². The van der Waals surface area contributed by atoms with Crippen LogP contribution in [0.3, 0.4) is 0 Å². The fourth-order valence-electron chi connectivity index (χ4n) is 2.44. The molecule has 3 nitrogen and oxygen atoms in total. The summed E-state index contributed by atoms with van der Waals surface area (Å²) < 4.78 is 11.2. The molecule has 0 radical (unpaired) electrons. The van der Waals surface area contributed by atoms with Gasteiger partial charge in [-0.15, -0.1) is 0 Å². The number of benzene rings is 2. The molecule has 2 aromatic rings. The second-order valence-electron chi connectivity index (χ2n) is 4.14. The first-order valence-corrected chi connectivity index (χ1v) is 5.45. The molecule has 1 unspecified atom stereocenters. The maximum atomic E-state index is 11.7. The van der Waals surface area contributed by atoms with E-state index in [1.807, 2.05) is 36.4 Å². The van der Waals surface area contributed by atoms with E-state index in [0.29, 0.717) is 5.56 Å². The predicted octanol–water partition coefficient (Wildman–Crippen LogP) is 3.05. The molecule has 17 heavy (non-hydrogen) atoms. The van der Waals surface area contributed by atoms with E-state index in [0.717, 1.165) is 22.6 Å². The van der Waals surface area contributed by atoms with Crippen molar-refractivity contribution in [1.29, 1.82) is 0 Å². The Morgan fingerprint density at radius 2 is 1.76 bits per heavy atom. The van der Waals surface area contributed by atoms with Crippen LogP contribution in [-0.2, 0) is 4.74 Å². The van der Waals surface area contributed by atoms with E-state index in [1.54, 1.807) is 6.07 Å². The molecule has 0 aliphatic carbocycles. The summed E-state index contributed by atoms with van der Waals surface area (Å²) in [6, 6.07) is 13.1. The molecule has 2 aliphatic rings. The molecule has 0 amide bonds. The number of hydrogen-bond acceptors (Lipinski definition) is 3. The monoisotopic (exact) mass is 224 g/mol. The van der Waals surface area contributed by atoms with E-state index >= 15 is 0 Å². The van der Waals surface area contributed by atoms with Crippen LogP contribution in [0.2, 0.25) is 0 Å². The van der Waals surface area contributed by atoms with Crippen molar-refractivity contribution in [2.24, 2.45) is 0 Å². The first-order chi connectivity index (χ1) is 8.34. The van der Waals surface area contributed by atoms with Gasteiger partial charge in [0.15, 0.2) is 6.10 Å². The van der Waals surface area contributed by atoms with Crippen LogP contribution in [0.1, 0.15) is 27.6 Å². The molecule has 82 valence electrons. The summed E-state index contributed by atoms with van der Waals surface area (Å²) in [5, 5.41) is 0. The maximum absolute atomic E-state index is 11.7. The lowest BCUT2D eigenvalue weighted by Gasteiger charge is -2.23. The Hall–Kier alpha value is -2.29. The highest BCUT2D eigenvalue weighted by Gasteiger charge is 2.39. The Bertz CT molecular complexity index is 646. The third-order valence-corrected chi connectivity index (χ3v) is 3.19. The normalized spacial score (nSPS) is 19.1. The van der Waals surface area contributed by atoms with E-state index in [2.05, 4.69) is 0 Å². The number of para-hydroxylation sites is 1. The van der Waals surface area contributed by atoms with Gasteiger partial charge in [0, 0.05) is 5.56 Å². The molecule has 0 saturated carbocycles. The average Bonchev–Trinajstić information content (AvgIpc) is 2.70. The zero-order valence-corrected chi connectivity index (χ0v) is 8.84. The van der Waals surface area contributed by atoms with Crippen molar-refractivity contribution in [1.82, 2.24) is 0 Å². The summed E-state index contributed by atoms with van der Waals surface area (Å²) in [4.78, 5) is 11.7. The van der Waals surface area contributed by atoms with Gasteiger partial charge < -0.3 is 9.47 Å². The number of carbonyl (C=O) groups is 1. The van der Waals surface area contributed by atoms with Gasteiger partial charge in [-0.1, -0.05) is 24.3 Å². The van der Waals surface area contributed by atoms with Crippen LogP contribution >= 0.6 is 0 Å². The molecule has 0 aromatic heterocycles. The number of ether oxygens (including phenoxy) is 2. The van der Waals surface area contributed by atoms with Gasteiger partial charge in [-0.25, -0.2) is 4.79 Å².